The zero-order valence-electron chi connectivity index (χ0n) is 10.6. The lowest BCUT2D eigenvalue weighted by atomic mass is 10.2. The van der Waals surface area contributed by atoms with Crippen molar-refractivity contribution in [2.75, 3.05) is 19.6 Å². The fraction of sp³-hybridized carbons (Fsp3) is 0.571. The van der Waals surface area contributed by atoms with Gasteiger partial charge in [-0.3, -0.25) is 4.90 Å². The third kappa shape index (κ3) is 4.02. The normalized spacial score (nSPS) is 15.4. The fourth-order valence-corrected chi connectivity index (χ4v) is 2.00. The van der Waals surface area contributed by atoms with Crippen LogP contribution in [0.4, 0.5) is 0 Å². The molecule has 1 heterocycles. The second-order valence-electron chi connectivity index (χ2n) is 4.75. The topological polar surface area (TPSA) is 28.4 Å². The first-order chi connectivity index (χ1) is 8.29. The average molecular weight is 234 g/mol. The number of hydrogen-bond donors (Lipinski definition) is 1. The molecule has 1 saturated carbocycles. The van der Waals surface area contributed by atoms with E-state index in [1.54, 1.807) is 6.26 Å². The third-order valence-electron chi connectivity index (χ3n) is 3.05. The Hall–Kier alpha value is -1.06. The lowest BCUT2D eigenvalue weighted by Gasteiger charge is -2.22. The van der Waals surface area contributed by atoms with E-state index in [-0.39, 0.29) is 0 Å². The van der Waals surface area contributed by atoms with Crippen molar-refractivity contribution in [2.45, 2.75) is 32.4 Å². The van der Waals surface area contributed by atoms with Crippen molar-refractivity contribution in [2.24, 2.45) is 0 Å². The number of nitrogens with one attached hydrogen (secondary N) is 1. The summed E-state index contributed by atoms with van der Waals surface area (Å²) in [5, 5.41) is 3.32. The van der Waals surface area contributed by atoms with Gasteiger partial charge in [0.05, 0.1) is 12.8 Å². The summed E-state index contributed by atoms with van der Waals surface area (Å²) in [5.74, 6) is 1.05. The van der Waals surface area contributed by atoms with E-state index in [9.17, 15) is 0 Å². The van der Waals surface area contributed by atoms with Crippen LogP contribution in [0.3, 0.4) is 0 Å². The zero-order chi connectivity index (χ0) is 12.1. The first-order valence-electron chi connectivity index (χ1n) is 6.43. The van der Waals surface area contributed by atoms with Crippen LogP contribution in [0.2, 0.25) is 0 Å². The van der Waals surface area contributed by atoms with Crippen LogP contribution < -0.4 is 5.32 Å². The lowest BCUT2D eigenvalue weighted by Crippen LogP contribution is -2.30. The molecule has 0 radical (unpaired) electrons. The standard InChI is InChI=1S/C14H22N2O/c1-3-15-9-12(2)10-16(13-6-7-13)11-14-5-4-8-17-14/h4-5,8,13,15H,2-3,6-7,9-11H2,1H3. The summed E-state index contributed by atoms with van der Waals surface area (Å²) >= 11 is 0. The average Bonchev–Trinajstić information content (AvgIpc) is 3.05. The Balaban J connectivity index is 1.82. The molecule has 3 nitrogen and oxygen atoms in total. The molecule has 3 heteroatoms. The largest absolute Gasteiger partial charge is 0.468 e. The van der Waals surface area contributed by atoms with Crippen LogP contribution in [0.15, 0.2) is 35.0 Å². The smallest absolute Gasteiger partial charge is 0.117 e. The maximum atomic E-state index is 5.42. The summed E-state index contributed by atoms with van der Waals surface area (Å²) in [5.41, 5.74) is 1.25. The van der Waals surface area contributed by atoms with Crippen LogP contribution in [0, 0.1) is 0 Å². The Kier molecular flexibility index (Phi) is 4.40. The van der Waals surface area contributed by atoms with Crippen molar-refractivity contribution in [1.82, 2.24) is 10.2 Å². The second kappa shape index (κ2) is 6.03. The van der Waals surface area contributed by atoms with E-state index in [2.05, 4.69) is 23.7 Å². The Morgan fingerprint density at radius 2 is 2.41 bits per heavy atom. The van der Waals surface area contributed by atoms with Gasteiger partial charge in [-0.15, -0.1) is 0 Å². The van der Waals surface area contributed by atoms with Crippen molar-refractivity contribution in [3.8, 4) is 0 Å². The van der Waals surface area contributed by atoms with E-state index in [1.165, 1.54) is 18.4 Å². The van der Waals surface area contributed by atoms with E-state index < -0.39 is 0 Å². The second-order valence-corrected chi connectivity index (χ2v) is 4.75. The van der Waals surface area contributed by atoms with Gasteiger partial charge in [0.25, 0.3) is 0 Å². The summed E-state index contributed by atoms with van der Waals surface area (Å²) < 4.78 is 5.42. The van der Waals surface area contributed by atoms with Crippen molar-refractivity contribution < 1.29 is 4.42 Å². The van der Waals surface area contributed by atoms with Crippen LogP contribution in [0.1, 0.15) is 25.5 Å². The van der Waals surface area contributed by atoms with Crippen LogP contribution in [-0.2, 0) is 6.54 Å². The maximum Gasteiger partial charge on any atom is 0.117 e. The van der Waals surface area contributed by atoms with Gasteiger partial charge in [0.15, 0.2) is 0 Å². The van der Waals surface area contributed by atoms with Crippen LogP contribution in [-0.4, -0.2) is 30.6 Å². The molecule has 94 valence electrons. The molecule has 1 fully saturated rings. The summed E-state index contributed by atoms with van der Waals surface area (Å²) in [6.07, 6.45) is 4.37. The van der Waals surface area contributed by atoms with E-state index in [0.29, 0.717) is 0 Å². The molecular formula is C14H22N2O. The third-order valence-corrected chi connectivity index (χ3v) is 3.05. The molecule has 0 saturated heterocycles. The fourth-order valence-electron chi connectivity index (χ4n) is 2.00. The van der Waals surface area contributed by atoms with Crippen molar-refractivity contribution in [1.29, 1.82) is 0 Å². The lowest BCUT2D eigenvalue weighted by molar-refractivity contribution is 0.251. The molecule has 0 spiro atoms. The minimum atomic E-state index is 0.735. The van der Waals surface area contributed by atoms with E-state index in [1.807, 2.05) is 12.1 Å². The summed E-state index contributed by atoms with van der Waals surface area (Å²) in [7, 11) is 0. The highest BCUT2D eigenvalue weighted by atomic mass is 16.3. The van der Waals surface area contributed by atoms with Gasteiger partial charge < -0.3 is 9.73 Å². The molecule has 0 aliphatic heterocycles. The minimum Gasteiger partial charge on any atom is -0.468 e. The molecule has 0 atom stereocenters. The van der Waals surface area contributed by atoms with Crippen molar-refractivity contribution in [3.63, 3.8) is 0 Å². The highest BCUT2D eigenvalue weighted by Crippen LogP contribution is 2.28. The summed E-state index contributed by atoms with van der Waals surface area (Å²) in [4.78, 5) is 2.47. The predicted octanol–water partition coefficient (Wildman–Crippen LogP) is 2.41. The monoisotopic (exact) mass is 234 g/mol. The summed E-state index contributed by atoms with van der Waals surface area (Å²) in [6, 6.07) is 4.73. The van der Waals surface area contributed by atoms with Crippen LogP contribution in [0.5, 0.6) is 0 Å². The SMILES string of the molecule is C=C(CNCC)CN(Cc1ccco1)C1CC1. The number of nitrogens with zero attached hydrogens (tertiary/aromatic N) is 1. The first kappa shape index (κ1) is 12.4. The Bertz CT molecular complexity index is 341. The number of likely N-dealkylation sites (N-methyl/N-ethyl adjacent to an activating group) is 1. The zero-order valence-corrected chi connectivity index (χ0v) is 10.6. The predicted molar refractivity (Wildman–Crippen MR) is 69.8 cm³/mol. The molecule has 0 bridgehead atoms. The van der Waals surface area contributed by atoms with Gasteiger partial charge in [0.2, 0.25) is 0 Å². The quantitative estimate of drug-likeness (QED) is 0.700. The van der Waals surface area contributed by atoms with E-state index in [4.69, 9.17) is 4.42 Å². The van der Waals surface area contributed by atoms with E-state index >= 15 is 0 Å². The molecule has 0 unspecified atom stereocenters. The highest BCUT2D eigenvalue weighted by Gasteiger charge is 2.29. The summed E-state index contributed by atoms with van der Waals surface area (Å²) in [6.45, 7) is 10.0. The van der Waals surface area contributed by atoms with Gasteiger partial charge in [0.1, 0.15) is 5.76 Å². The molecule has 1 aliphatic rings. The van der Waals surface area contributed by atoms with Crippen LogP contribution >= 0.6 is 0 Å². The van der Waals surface area contributed by atoms with Gasteiger partial charge in [-0.1, -0.05) is 13.5 Å². The molecule has 1 aliphatic carbocycles. The van der Waals surface area contributed by atoms with Crippen LogP contribution in [0.25, 0.3) is 0 Å². The van der Waals surface area contributed by atoms with Gasteiger partial charge in [-0.2, -0.15) is 0 Å². The minimum absolute atomic E-state index is 0.735. The molecule has 1 aromatic heterocycles. The van der Waals surface area contributed by atoms with Gasteiger partial charge in [0, 0.05) is 19.1 Å². The Morgan fingerprint density at radius 3 is 3.00 bits per heavy atom. The van der Waals surface area contributed by atoms with Gasteiger partial charge in [-0.25, -0.2) is 0 Å². The molecule has 0 amide bonds. The van der Waals surface area contributed by atoms with Gasteiger partial charge >= 0.3 is 0 Å². The number of hydrogen-bond acceptors (Lipinski definition) is 3. The molecule has 1 N–H and O–H groups in total. The first-order valence-corrected chi connectivity index (χ1v) is 6.43. The number of furan rings is 1. The molecule has 0 aromatic carbocycles. The molecule has 17 heavy (non-hydrogen) atoms. The van der Waals surface area contributed by atoms with Gasteiger partial charge in [-0.05, 0) is 37.1 Å². The van der Waals surface area contributed by atoms with E-state index in [0.717, 1.165) is 38.0 Å². The Morgan fingerprint density at radius 1 is 1.59 bits per heavy atom. The highest BCUT2D eigenvalue weighted by molar-refractivity contribution is 5.05. The molecular weight excluding hydrogens is 212 g/mol. The van der Waals surface area contributed by atoms with Crippen molar-refractivity contribution in [3.05, 3.63) is 36.3 Å². The maximum absolute atomic E-state index is 5.42. The molecule has 2 rings (SSSR count). The Labute approximate surface area is 103 Å². The van der Waals surface area contributed by atoms with Crippen molar-refractivity contribution >= 4 is 0 Å². The number of rotatable bonds is 8. The molecule has 1 aromatic rings.